The maximum atomic E-state index is 11.6. The molecule has 2 aromatic heterocycles. The molecule has 0 aromatic carbocycles. The molecule has 0 aliphatic rings. The predicted octanol–water partition coefficient (Wildman–Crippen LogP) is 3.23. The molecule has 2 rings (SSSR count). The van der Waals surface area contributed by atoms with Crippen LogP contribution in [0.5, 0.6) is 0 Å². The van der Waals surface area contributed by atoms with Gasteiger partial charge in [-0.2, -0.15) is 0 Å². The molecule has 0 saturated heterocycles. The second kappa shape index (κ2) is 4.67. The highest BCUT2D eigenvalue weighted by Crippen LogP contribution is 2.33. The van der Waals surface area contributed by atoms with Gasteiger partial charge in [0.25, 0.3) is 0 Å². The molecule has 0 amide bonds. The van der Waals surface area contributed by atoms with Crippen LogP contribution in [-0.4, -0.2) is 17.7 Å². The standard InChI is InChI=1S/C10H8ClNO3S/c1-2-14-10(13)6-5-12-15-9(6)7-3-4-8(11)16-7/h3-5H,2H2,1H3. The zero-order valence-electron chi connectivity index (χ0n) is 8.40. The minimum absolute atomic E-state index is 0.314. The highest BCUT2D eigenvalue weighted by Gasteiger charge is 2.19. The van der Waals surface area contributed by atoms with Gasteiger partial charge < -0.3 is 9.26 Å². The fourth-order valence-corrected chi connectivity index (χ4v) is 2.24. The van der Waals surface area contributed by atoms with E-state index < -0.39 is 5.97 Å². The van der Waals surface area contributed by atoms with E-state index in [-0.39, 0.29) is 0 Å². The van der Waals surface area contributed by atoms with E-state index in [1.165, 1.54) is 17.5 Å². The number of rotatable bonds is 3. The van der Waals surface area contributed by atoms with Crippen molar-refractivity contribution in [1.82, 2.24) is 5.16 Å². The molecule has 6 heteroatoms. The molecular weight excluding hydrogens is 250 g/mol. The van der Waals surface area contributed by atoms with Crippen LogP contribution in [0.15, 0.2) is 22.9 Å². The van der Waals surface area contributed by atoms with Gasteiger partial charge in [-0.15, -0.1) is 11.3 Å². The molecule has 0 fully saturated rings. The smallest absolute Gasteiger partial charge is 0.343 e. The van der Waals surface area contributed by atoms with Crippen LogP contribution in [0.3, 0.4) is 0 Å². The van der Waals surface area contributed by atoms with Gasteiger partial charge in [0.1, 0.15) is 5.56 Å². The van der Waals surface area contributed by atoms with Gasteiger partial charge in [0.2, 0.25) is 0 Å². The van der Waals surface area contributed by atoms with Crippen molar-refractivity contribution in [2.45, 2.75) is 6.92 Å². The number of nitrogens with zero attached hydrogens (tertiary/aromatic N) is 1. The summed E-state index contributed by atoms with van der Waals surface area (Å²) in [5.41, 5.74) is 0.320. The number of carbonyl (C=O) groups excluding carboxylic acids is 1. The maximum absolute atomic E-state index is 11.6. The molecule has 16 heavy (non-hydrogen) atoms. The van der Waals surface area contributed by atoms with Crippen LogP contribution in [0.4, 0.5) is 0 Å². The minimum atomic E-state index is -0.441. The SMILES string of the molecule is CCOC(=O)c1cnoc1-c1ccc(Cl)s1. The molecule has 0 spiro atoms. The quantitative estimate of drug-likeness (QED) is 0.792. The summed E-state index contributed by atoms with van der Waals surface area (Å²) in [5.74, 6) is -0.0429. The largest absolute Gasteiger partial charge is 0.462 e. The third kappa shape index (κ3) is 2.10. The molecule has 0 radical (unpaired) electrons. The summed E-state index contributed by atoms with van der Waals surface area (Å²) < 4.78 is 10.5. The summed E-state index contributed by atoms with van der Waals surface area (Å²) in [6, 6.07) is 3.51. The van der Waals surface area contributed by atoms with Gasteiger partial charge in [-0.3, -0.25) is 0 Å². The first-order chi connectivity index (χ1) is 7.72. The lowest BCUT2D eigenvalue weighted by Gasteiger charge is -1.98. The first kappa shape index (κ1) is 11.2. The lowest BCUT2D eigenvalue weighted by Crippen LogP contribution is -2.04. The normalized spacial score (nSPS) is 10.4. The van der Waals surface area contributed by atoms with E-state index in [1.54, 1.807) is 19.1 Å². The monoisotopic (exact) mass is 257 g/mol. The van der Waals surface area contributed by atoms with Crippen molar-refractivity contribution in [3.05, 3.63) is 28.2 Å². The number of halogens is 1. The Bertz CT molecular complexity index is 506. The van der Waals surface area contributed by atoms with Gasteiger partial charge >= 0.3 is 5.97 Å². The van der Waals surface area contributed by atoms with E-state index in [4.69, 9.17) is 20.9 Å². The van der Waals surface area contributed by atoms with Crippen molar-refractivity contribution < 1.29 is 14.1 Å². The highest BCUT2D eigenvalue weighted by atomic mass is 35.5. The molecule has 0 bridgehead atoms. The summed E-state index contributed by atoms with van der Waals surface area (Å²) in [7, 11) is 0. The summed E-state index contributed by atoms with van der Waals surface area (Å²) in [4.78, 5) is 12.3. The lowest BCUT2D eigenvalue weighted by atomic mass is 10.2. The van der Waals surface area contributed by atoms with Crippen LogP contribution < -0.4 is 0 Å². The molecule has 0 aliphatic carbocycles. The lowest BCUT2D eigenvalue weighted by molar-refractivity contribution is 0.0527. The van der Waals surface area contributed by atoms with E-state index in [0.29, 0.717) is 22.3 Å². The van der Waals surface area contributed by atoms with Crippen molar-refractivity contribution in [1.29, 1.82) is 0 Å². The second-order valence-corrected chi connectivity index (χ2v) is 4.61. The van der Waals surface area contributed by atoms with E-state index in [2.05, 4.69) is 5.16 Å². The van der Waals surface area contributed by atoms with Gasteiger partial charge in [-0.25, -0.2) is 4.79 Å². The molecule has 2 aromatic rings. The Kier molecular flexibility index (Phi) is 3.26. The van der Waals surface area contributed by atoms with Gasteiger partial charge in [0.15, 0.2) is 5.76 Å². The molecule has 0 N–H and O–H groups in total. The van der Waals surface area contributed by atoms with Crippen molar-refractivity contribution in [2.24, 2.45) is 0 Å². The van der Waals surface area contributed by atoms with Crippen LogP contribution in [-0.2, 0) is 4.74 Å². The molecule has 0 aliphatic heterocycles. The zero-order valence-corrected chi connectivity index (χ0v) is 9.97. The van der Waals surface area contributed by atoms with Crippen LogP contribution in [0.25, 0.3) is 10.6 Å². The van der Waals surface area contributed by atoms with Crippen LogP contribution in [0.1, 0.15) is 17.3 Å². The summed E-state index contributed by atoms with van der Waals surface area (Å²) in [6.45, 7) is 2.06. The van der Waals surface area contributed by atoms with Crippen LogP contribution >= 0.6 is 22.9 Å². The highest BCUT2D eigenvalue weighted by molar-refractivity contribution is 7.19. The number of hydrogen-bond acceptors (Lipinski definition) is 5. The Morgan fingerprint density at radius 2 is 2.44 bits per heavy atom. The van der Waals surface area contributed by atoms with Crippen molar-refractivity contribution in [3.63, 3.8) is 0 Å². The topological polar surface area (TPSA) is 52.3 Å². The van der Waals surface area contributed by atoms with Gasteiger partial charge in [0.05, 0.1) is 22.0 Å². The fourth-order valence-electron chi connectivity index (χ4n) is 1.21. The Hall–Kier alpha value is -1.33. The van der Waals surface area contributed by atoms with Crippen molar-refractivity contribution >= 4 is 28.9 Å². The first-order valence-corrected chi connectivity index (χ1v) is 5.79. The van der Waals surface area contributed by atoms with Gasteiger partial charge in [0, 0.05) is 0 Å². The third-order valence-electron chi connectivity index (χ3n) is 1.86. The van der Waals surface area contributed by atoms with Gasteiger partial charge in [-0.05, 0) is 19.1 Å². The first-order valence-electron chi connectivity index (χ1n) is 4.60. The molecule has 0 unspecified atom stereocenters. The van der Waals surface area contributed by atoms with Gasteiger partial charge in [-0.1, -0.05) is 16.8 Å². The average molecular weight is 258 g/mol. The number of aromatic nitrogens is 1. The van der Waals surface area contributed by atoms with E-state index >= 15 is 0 Å². The Labute approximate surface area is 101 Å². The van der Waals surface area contributed by atoms with Crippen molar-refractivity contribution in [3.8, 4) is 10.6 Å². The summed E-state index contributed by atoms with van der Waals surface area (Å²) in [5, 5.41) is 3.60. The van der Waals surface area contributed by atoms with Crippen molar-refractivity contribution in [2.75, 3.05) is 6.61 Å². The maximum Gasteiger partial charge on any atom is 0.343 e. The molecule has 4 nitrogen and oxygen atoms in total. The number of hydrogen-bond donors (Lipinski definition) is 0. The molecule has 0 atom stereocenters. The third-order valence-corrected chi connectivity index (χ3v) is 3.09. The number of carbonyl (C=O) groups is 1. The number of thiophene rings is 1. The predicted molar refractivity (Wildman–Crippen MR) is 60.8 cm³/mol. The zero-order chi connectivity index (χ0) is 11.5. The molecular formula is C10H8ClNO3S. The summed E-state index contributed by atoms with van der Waals surface area (Å²) >= 11 is 7.13. The molecule has 84 valence electrons. The molecule has 2 heterocycles. The van der Waals surface area contributed by atoms with E-state index in [9.17, 15) is 4.79 Å². The number of ether oxygens (including phenoxy) is 1. The van der Waals surface area contributed by atoms with Crippen LogP contribution in [0, 0.1) is 0 Å². The average Bonchev–Trinajstić information content (AvgIpc) is 2.85. The van der Waals surface area contributed by atoms with Crippen LogP contribution in [0.2, 0.25) is 4.34 Å². The second-order valence-electron chi connectivity index (χ2n) is 2.89. The fraction of sp³-hybridized carbons (Fsp3) is 0.200. The Balaban J connectivity index is 2.36. The number of esters is 1. The Morgan fingerprint density at radius 1 is 1.62 bits per heavy atom. The van der Waals surface area contributed by atoms with E-state index in [0.717, 1.165) is 4.88 Å². The molecule has 0 saturated carbocycles. The Morgan fingerprint density at radius 3 is 3.06 bits per heavy atom. The van der Waals surface area contributed by atoms with E-state index in [1.807, 2.05) is 0 Å². The summed E-state index contributed by atoms with van der Waals surface area (Å²) in [6.07, 6.45) is 1.35. The minimum Gasteiger partial charge on any atom is -0.462 e.